The first-order valence-electron chi connectivity index (χ1n) is 12.0. The fraction of sp³-hybridized carbons (Fsp3) is 0.654. The second kappa shape index (κ2) is 14.5. The van der Waals surface area contributed by atoms with Crippen LogP contribution in [-0.2, 0) is 32.0 Å². The maximum Gasteiger partial charge on any atom is 0.410 e. The Morgan fingerprint density at radius 3 is 2.08 bits per heavy atom. The highest BCUT2D eigenvalue weighted by Gasteiger charge is 2.25. The van der Waals surface area contributed by atoms with Gasteiger partial charge in [0, 0.05) is 30.9 Å². The summed E-state index contributed by atoms with van der Waals surface area (Å²) in [7, 11) is 0. The molecule has 1 atom stereocenters. The summed E-state index contributed by atoms with van der Waals surface area (Å²) in [4.78, 5) is 38.8. The predicted molar refractivity (Wildman–Crippen MR) is 142 cm³/mol. The molecule has 0 aliphatic carbocycles. The van der Waals surface area contributed by atoms with Crippen molar-refractivity contribution in [3.63, 3.8) is 0 Å². The normalized spacial score (nSPS) is 12.5. The van der Waals surface area contributed by atoms with E-state index >= 15 is 0 Å². The van der Waals surface area contributed by atoms with Crippen molar-refractivity contribution in [2.75, 3.05) is 24.8 Å². The van der Waals surface area contributed by atoms with E-state index in [-0.39, 0.29) is 24.8 Å². The molecule has 2 amide bonds. The summed E-state index contributed by atoms with van der Waals surface area (Å²) >= 11 is 11.5. The van der Waals surface area contributed by atoms with Gasteiger partial charge in [0.05, 0.1) is 6.42 Å². The van der Waals surface area contributed by atoms with Gasteiger partial charge in [-0.3, -0.25) is 4.79 Å². The van der Waals surface area contributed by atoms with Crippen LogP contribution >= 0.6 is 23.2 Å². The van der Waals surface area contributed by atoms with E-state index in [2.05, 4.69) is 5.32 Å². The number of benzene rings is 1. The number of aryl methyl sites for hydroxylation is 1. The number of amides is 2. The Kier molecular flexibility index (Phi) is 12.8. The lowest BCUT2D eigenvalue weighted by atomic mass is 9.97. The lowest BCUT2D eigenvalue weighted by molar-refractivity contribution is -0.155. The van der Waals surface area contributed by atoms with Gasteiger partial charge in [0.2, 0.25) is 0 Å². The van der Waals surface area contributed by atoms with Gasteiger partial charge in [0.15, 0.2) is 0 Å². The van der Waals surface area contributed by atoms with Crippen LogP contribution in [0.1, 0.15) is 64.7 Å². The molecule has 0 heterocycles. The number of alkyl halides is 2. The smallest absolute Gasteiger partial charge is 0.410 e. The molecule has 1 aromatic carbocycles. The van der Waals surface area contributed by atoms with Crippen molar-refractivity contribution in [3.8, 4) is 0 Å². The third-order valence-electron chi connectivity index (χ3n) is 4.76. The molecule has 1 rings (SSSR count). The van der Waals surface area contributed by atoms with Crippen LogP contribution in [-0.4, -0.2) is 65.1 Å². The maximum absolute atomic E-state index is 12.5. The molecule has 1 N–H and O–H groups in total. The van der Waals surface area contributed by atoms with Crippen LogP contribution in [0.3, 0.4) is 0 Å². The van der Waals surface area contributed by atoms with Crippen molar-refractivity contribution in [1.82, 2.24) is 10.2 Å². The van der Waals surface area contributed by atoms with Crippen LogP contribution < -0.4 is 5.32 Å². The van der Waals surface area contributed by atoms with Crippen molar-refractivity contribution in [2.24, 2.45) is 0 Å². The fourth-order valence-electron chi connectivity index (χ4n) is 3.27. The molecular formula is C26H40Cl2N2O6. The summed E-state index contributed by atoms with van der Waals surface area (Å²) in [6.07, 6.45) is -0.775. The summed E-state index contributed by atoms with van der Waals surface area (Å²) < 4.78 is 16.3. The van der Waals surface area contributed by atoms with Gasteiger partial charge in [-0.2, -0.15) is 0 Å². The highest BCUT2D eigenvalue weighted by molar-refractivity contribution is 6.18. The largest absolute Gasteiger partial charge is 0.460 e. The standard InChI is InChI=1S/C26H40Cl2N2O6/c1-18-8-9-19(17-34-24(33)30(12-10-27)13-11-28)14-20(18)15-21(16-22(31)35-25(2,3)4)29-23(32)36-26(5,6)7/h8-9,14,21H,10-13,15-17H2,1-7H3,(H,29,32)/t21-/m0/s1. The molecule has 0 spiro atoms. The first-order chi connectivity index (χ1) is 16.6. The summed E-state index contributed by atoms with van der Waals surface area (Å²) in [6.45, 7) is 13.4. The van der Waals surface area contributed by atoms with E-state index in [4.69, 9.17) is 37.4 Å². The van der Waals surface area contributed by atoms with Crippen molar-refractivity contribution in [2.45, 2.75) is 85.2 Å². The number of nitrogens with zero attached hydrogens (tertiary/aromatic N) is 1. The van der Waals surface area contributed by atoms with E-state index in [1.54, 1.807) is 41.5 Å². The number of carbonyl (C=O) groups is 3. The zero-order chi connectivity index (χ0) is 27.5. The zero-order valence-electron chi connectivity index (χ0n) is 22.4. The molecule has 204 valence electrons. The van der Waals surface area contributed by atoms with Crippen molar-refractivity contribution in [1.29, 1.82) is 0 Å². The Balaban J connectivity index is 3.00. The summed E-state index contributed by atoms with van der Waals surface area (Å²) in [5.74, 6) is 0.138. The summed E-state index contributed by atoms with van der Waals surface area (Å²) in [5.41, 5.74) is 1.31. The zero-order valence-corrected chi connectivity index (χ0v) is 23.9. The molecular weight excluding hydrogens is 507 g/mol. The Labute approximate surface area is 224 Å². The van der Waals surface area contributed by atoms with Crippen LogP contribution in [0.5, 0.6) is 0 Å². The van der Waals surface area contributed by atoms with Crippen molar-refractivity contribution >= 4 is 41.4 Å². The second-order valence-corrected chi connectivity index (χ2v) is 11.3. The minimum absolute atomic E-state index is 0.0268. The third-order valence-corrected chi connectivity index (χ3v) is 5.10. The van der Waals surface area contributed by atoms with E-state index in [9.17, 15) is 14.4 Å². The van der Waals surface area contributed by atoms with E-state index in [0.29, 0.717) is 19.5 Å². The molecule has 8 nitrogen and oxygen atoms in total. The van der Waals surface area contributed by atoms with Crippen molar-refractivity contribution in [3.05, 3.63) is 34.9 Å². The molecule has 10 heteroatoms. The molecule has 0 unspecified atom stereocenters. The topological polar surface area (TPSA) is 94.2 Å². The average molecular weight is 548 g/mol. The van der Waals surface area contributed by atoms with Crippen LogP contribution in [0, 0.1) is 6.92 Å². The number of esters is 1. The Morgan fingerprint density at radius 2 is 1.56 bits per heavy atom. The quantitative estimate of drug-likeness (QED) is 0.221. The number of nitrogens with one attached hydrogen (secondary N) is 1. The number of halogens is 2. The van der Waals surface area contributed by atoms with E-state index in [1.807, 2.05) is 25.1 Å². The predicted octanol–water partition coefficient (Wildman–Crippen LogP) is 5.58. The van der Waals surface area contributed by atoms with Gasteiger partial charge < -0.3 is 24.4 Å². The Morgan fingerprint density at radius 1 is 0.972 bits per heavy atom. The number of alkyl carbamates (subject to hydrolysis) is 1. The summed E-state index contributed by atoms with van der Waals surface area (Å²) in [6, 6.07) is 5.11. The van der Waals surface area contributed by atoms with Gasteiger partial charge in [-0.25, -0.2) is 9.59 Å². The van der Waals surface area contributed by atoms with Gasteiger partial charge in [-0.05, 0) is 71.6 Å². The van der Waals surface area contributed by atoms with E-state index < -0.39 is 35.4 Å². The highest BCUT2D eigenvalue weighted by atomic mass is 35.5. The average Bonchev–Trinajstić information content (AvgIpc) is 2.71. The highest BCUT2D eigenvalue weighted by Crippen LogP contribution is 2.18. The molecule has 0 aliphatic heterocycles. The monoisotopic (exact) mass is 546 g/mol. The van der Waals surface area contributed by atoms with E-state index in [1.165, 1.54) is 4.90 Å². The molecule has 0 aliphatic rings. The molecule has 1 aromatic rings. The van der Waals surface area contributed by atoms with Gasteiger partial charge in [0.1, 0.15) is 17.8 Å². The molecule has 36 heavy (non-hydrogen) atoms. The van der Waals surface area contributed by atoms with Gasteiger partial charge in [-0.15, -0.1) is 23.2 Å². The SMILES string of the molecule is Cc1ccc(COC(=O)N(CCCl)CCCl)cc1C[C@@H](CC(=O)OC(C)(C)C)NC(=O)OC(C)(C)C. The summed E-state index contributed by atoms with van der Waals surface area (Å²) in [5, 5.41) is 2.80. The number of rotatable bonds is 11. The van der Waals surface area contributed by atoms with Gasteiger partial charge in [0.25, 0.3) is 0 Å². The van der Waals surface area contributed by atoms with Crippen LogP contribution in [0.25, 0.3) is 0 Å². The number of hydrogen-bond donors (Lipinski definition) is 1. The Bertz CT molecular complexity index is 844. The lowest BCUT2D eigenvalue weighted by Crippen LogP contribution is -2.42. The molecule has 0 fully saturated rings. The number of ether oxygens (including phenoxy) is 3. The molecule has 0 radical (unpaired) electrons. The Hall–Kier alpha value is -2.19. The minimum Gasteiger partial charge on any atom is -0.460 e. The molecule has 0 bridgehead atoms. The first-order valence-corrected chi connectivity index (χ1v) is 13.0. The van der Waals surface area contributed by atoms with Crippen LogP contribution in [0.15, 0.2) is 18.2 Å². The lowest BCUT2D eigenvalue weighted by Gasteiger charge is -2.25. The fourth-order valence-corrected chi connectivity index (χ4v) is 3.68. The number of hydrogen-bond acceptors (Lipinski definition) is 6. The molecule has 0 saturated carbocycles. The molecule has 0 aromatic heterocycles. The first kappa shape index (κ1) is 31.8. The maximum atomic E-state index is 12.5. The molecule has 0 saturated heterocycles. The number of carbonyl (C=O) groups excluding carboxylic acids is 3. The third kappa shape index (κ3) is 13.2. The van der Waals surface area contributed by atoms with Crippen molar-refractivity contribution < 1.29 is 28.6 Å². The minimum atomic E-state index is -0.679. The van der Waals surface area contributed by atoms with Gasteiger partial charge >= 0.3 is 18.2 Å². The van der Waals surface area contributed by atoms with Crippen LogP contribution in [0.4, 0.5) is 9.59 Å². The van der Waals surface area contributed by atoms with Gasteiger partial charge in [-0.1, -0.05) is 18.2 Å². The van der Waals surface area contributed by atoms with E-state index in [0.717, 1.165) is 16.7 Å². The van der Waals surface area contributed by atoms with Crippen LogP contribution in [0.2, 0.25) is 0 Å². The second-order valence-electron chi connectivity index (χ2n) is 10.5.